The standard InChI is InChI=1S/C14H12N4O/c19-14-13(18-17-9-5-6-9)16-12-10-4-2-1-3-8(10)7-11(12)15-14/h1-4,7,13,18H,5-6H2,(H,15,19). The number of amides is 1. The normalized spacial score (nSPS) is 22.8. The summed E-state index contributed by atoms with van der Waals surface area (Å²) in [5.41, 5.74) is 7.70. The second-order valence-electron chi connectivity index (χ2n) is 4.82. The fourth-order valence-electron chi connectivity index (χ4n) is 2.24. The van der Waals surface area contributed by atoms with Crippen molar-refractivity contribution in [2.45, 2.75) is 19.0 Å². The Balaban J connectivity index is 1.70. The highest BCUT2D eigenvalue weighted by atomic mass is 16.2. The Hall–Kier alpha value is -2.43. The SMILES string of the molecule is O=C1NC2=Cc3ccccc3C2=NC1NN=C1CC1. The zero-order chi connectivity index (χ0) is 12.8. The summed E-state index contributed by atoms with van der Waals surface area (Å²) in [6.45, 7) is 0. The van der Waals surface area contributed by atoms with E-state index in [9.17, 15) is 4.79 Å². The number of carbonyl (C=O) groups excluding carboxylic acids is 1. The number of benzene rings is 1. The van der Waals surface area contributed by atoms with Crippen molar-refractivity contribution in [1.82, 2.24) is 10.7 Å². The molecule has 1 heterocycles. The van der Waals surface area contributed by atoms with Crippen molar-refractivity contribution in [3.8, 4) is 0 Å². The van der Waals surface area contributed by atoms with Crippen LogP contribution in [0.15, 0.2) is 40.1 Å². The largest absolute Gasteiger partial charge is 0.321 e. The highest BCUT2D eigenvalue weighted by Gasteiger charge is 2.31. The van der Waals surface area contributed by atoms with E-state index in [1.807, 2.05) is 30.3 Å². The molecule has 0 saturated heterocycles. The van der Waals surface area contributed by atoms with Gasteiger partial charge in [-0.2, -0.15) is 5.10 Å². The molecule has 1 aromatic rings. The van der Waals surface area contributed by atoms with Crippen molar-refractivity contribution in [2.75, 3.05) is 0 Å². The molecule has 0 aromatic heterocycles. The maximum Gasteiger partial charge on any atom is 0.271 e. The molecule has 1 aliphatic heterocycles. The first-order chi connectivity index (χ1) is 9.31. The number of hydrogen-bond acceptors (Lipinski definition) is 4. The summed E-state index contributed by atoms with van der Waals surface area (Å²) in [4.78, 5) is 16.4. The first-order valence-corrected chi connectivity index (χ1v) is 6.32. The van der Waals surface area contributed by atoms with Gasteiger partial charge >= 0.3 is 0 Å². The molecule has 1 atom stereocenters. The van der Waals surface area contributed by atoms with Gasteiger partial charge in [-0.15, -0.1) is 0 Å². The lowest BCUT2D eigenvalue weighted by Crippen LogP contribution is -2.46. The number of rotatable bonds is 2. The lowest BCUT2D eigenvalue weighted by Gasteiger charge is -2.20. The maximum absolute atomic E-state index is 11.9. The van der Waals surface area contributed by atoms with Crippen molar-refractivity contribution in [3.05, 3.63) is 41.1 Å². The van der Waals surface area contributed by atoms with Crippen LogP contribution in [0.2, 0.25) is 0 Å². The molecule has 0 radical (unpaired) electrons. The molecule has 1 unspecified atom stereocenters. The summed E-state index contributed by atoms with van der Waals surface area (Å²) in [6.07, 6.45) is 3.36. The molecule has 4 rings (SSSR count). The molecule has 1 saturated carbocycles. The molecule has 1 amide bonds. The van der Waals surface area contributed by atoms with E-state index >= 15 is 0 Å². The number of carbonyl (C=O) groups is 1. The summed E-state index contributed by atoms with van der Waals surface area (Å²) in [5.74, 6) is -0.159. The second kappa shape index (κ2) is 3.78. The Morgan fingerprint density at radius 2 is 2.16 bits per heavy atom. The van der Waals surface area contributed by atoms with E-state index in [0.29, 0.717) is 0 Å². The third kappa shape index (κ3) is 1.74. The van der Waals surface area contributed by atoms with Gasteiger partial charge in [0.1, 0.15) is 0 Å². The van der Waals surface area contributed by atoms with Gasteiger partial charge in [0, 0.05) is 11.3 Å². The highest BCUT2D eigenvalue weighted by Crippen LogP contribution is 2.26. The molecule has 2 N–H and O–H groups in total. The van der Waals surface area contributed by atoms with Gasteiger partial charge in [0.15, 0.2) is 0 Å². The van der Waals surface area contributed by atoms with Crippen LogP contribution in [0, 0.1) is 0 Å². The number of allylic oxidation sites excluding steroid dienone is 1. The third-order valence-corrected chi connectivity index (χ3v) is 3.35. The number of hydrazone groups is 1. The smallest absolute Gasteiger partial charge is 0.271 e. The van der Waals surface area contributed by atoms with Crippen molar-refractivity contribution in [3.63, 3.8) is 0 Å². The van der Waals surface area contributed by atoms with Gasteiger partial charge in [0.25, 0.3) is 5.91 Å². The van der Waals surface area contributed by atoms with E-state index in [4.69, 9.17) is 0 Å². The summed E-state index contributed by atoms with van der Waals surface area (Å²) >= 11 is 0. The molecule has 5 heteroatoms. The molecule has 19 heavy (non-hydrogen) atoms. The lowest BCUT2D eigenvalue weighted by molar-refractivity contribution is -0.122. The molecule has 94 valence electrons. The average molecular weight is 252 g/mol. The fraction of sp³-hybridized carbons (Fsp3) is 0.214. The molecule has 3 aliphatic rings. The van der Waals surface area contributed by atoms with E-state index in [1.54, 1.807) is 0 Å². The number of hydrogen-bond donors (Lipinski definition) is 2. The zero-order valence-corrected chi connectivity index (χ0v) is 10.2. The molecule has 0 spiro atoms. The highest BCUT2D eigenvalue weighted by molar-refractivity contribution is 6.24. The Labute approximate surface area is 110 Å². The van der Waals surface area contributed by atoms with Crippen LogP contribution >= 0.6 is 0 Å². The topological polar surface area (TPSA) is 65.8 Å². The third-order valence-electron chi connectivity index (χ3n) is 3.35. The van der Waals surface area contributed by atoms with Crippen LogP contribution in [0.25, 0.3) is 6.08 Å². The van der Waals surface area contributed by atoms with Crippen LogP contribution in [-0.4, -0.2) is 23.5 Å². The number of nitrogens with one attached hydrogen (secondary N) is 2. The minimum atomic E-state index is -0.633. The second-order valence-corrected chi connectivity index (χ2v) is 4.82. The van der Waals surface area contributed by atoms with Crippen LogP contribution < -0.4 is 10.7 Å². The molecule has 1 aromatic carbocycles. The minimum absolute atomic E-state index is 0.159. The van der Waals surface area contributed by atoms with Crippen LogP contribution in [0.5, 0.6) is 0 Å². The number of fused-ring (bicyclic) bond motifs is 3. The predicted molar refractivity (Wildman–Crippen MR) is 72.7 cm³/mol. The fourth-order valence-corrected chi connectivity index (χ4v) is 2.24. The van der Waals surface area contributed by atoms with Crippen molar-refractivity contribution in [1.29, 1.82) is 0 Å². The van der Waals surface area contributed by atoms with Gasteiger partial charge in [-0.1, -0.05) is 24.3 Å². The Morgan fingerprint density at radius 3 is 3.00 bits per heavy atom. The lowest BCUT2D eigenvalue weighted by atomic mass is 10.1. The Kier molecular flexibility index (Phi) is 2.09. The van der Waals surface area contributed by atoms with E-state index < -0.39 is 6.17 Å². The average Bonchev–Trinajstić information content (AvgIpc) is 3.17. The van der Waals surface area contributed by atoms with Crippen LogP contribution in [0.3, 0.4) is 0 Å². The van der Waals surface area contributed by atoms with Crippen molar-refractivity contribution >= 4 is 23.4 Å². The molecular formula is C14H12N4O. The molecule has 2 aliphatic carbocycles. The zero-order valence-electron chi connectivity index (χ0n) is 10.2. The first-order valence-electron chi connectivity index (χ1n) is 6.32. The molecule has 0 bridgehead atoms. The summed E-state index contributed by atoms with van der Waals surface area (Å²) < 4.78 is 0. The summed E-state index contributed by atoms with van der Waals surface area (Å²) in [7, 11) is 0. The van der Waals surface area contributed by atoms with Crippen molar-refractivity contribution < 1.29 is 4.79 Å². The Bertz CT molecular complexity index is 666. The number of aliphatic imine (C=N–C) groups is 1. The van der Waals surface area contributed by atoms with Gasteiger partial charge in [0.2, 0.25) is 6.17 Å². The molecular weight excluding hydrogens is 240 g/mol. The maximum atomic E-state index is 11.9. The minimum Gasteiger partial charge on any atom is -0.321 e. The van der Waals surface area contributed by atoms with Crippen LogP contribution in [0.4, 0.5) is 0 Å². The quantitative estimate of drug-likeness (QED) is 0.772. The first kappa shape index (κ1) is 10.5. The van der Waals surface area contributed by atoms with Gasteiger partial charge in [-0.3, -0.25) is 10.2 Å². The van der Waals surface area contributed by atoms with Gasteiger partial charge in [-0.05, 0) is 24.5 Å². The van der Waals surface area contributed by atoms with E-state index in [0.717, 1.165) is 41.1 Å². The van der Waals surface area contributed by atoms with Gasteiger partial charge < -0.3 is 5.32 Å². The van der Waals surface area contributed by atoms with Gasteiger partial charge in [0.05, 0.1) is 11.4 Å². The monoisotopic (exact) mass is 252 g/mol. The van der Waals surface area contributed by atoms with Crippen molar-refractivity contribution in [2.24, 2.45) is 10.1 Å². The Morgan fingerprint density at radius 1 is 1.32 bits per heavy atom. The van der Waals surface area contributed by atoms with Crippen LogP contribution in [0.1, 0.15) is 24.0 Å². The number of nitrogens with zero attached hydrogens (tertiary/aromatic N) is 2. The molecule has 5 nitrogen and oxygen atoms in total. The predicted octanol–water partition coefficient (Wildman–Crippen LogP) is 1.03. The summed E-state index contributed by atoms with van der Waals surface area (Å²) in [6, 6.07) is 7.98. The summed E-state index contributed by atoms with van der Waals surface area (Å²) in [5, 5.41) is 7.04. The molecule has 1 fully saturated rings. The van der Waals surface area contributed by atoms with E-state index in [-0.39, 0.29) is 5.91 Å². The van der Waals surface area contributed by atoms with E-state index in [2.05, 4.69) is 20.8 Å². The van der Waals surface area contributed by atoms with Gasteiger partial charge in [-0.25, -0.2) is 4.99 Å². The van der Waals surface area contributed by atoms with Crippen LogP contribution in [-0.2, 0) is 4.79 Å². The van der Waals surface area contributed by atoms with E-state index in [1.165, 1.54) is 0 Å².